The Morgan fingerprint density at radius 2 is 1.95 bits per heavy atom. The maximum absolute atomic E-state index is 13.9. The number of amides is 1. The van der Waals surface area contributed by atoms with Gasteiger partial charge >= 0.3 is 11.9 Å². The lowest BCUT2D eigenvalue weighted by molar-refractivity contribution is -0.385. The third-order valence-corrected chi connectivity index (χ3v) is 7.15. The summed E-state index contributed by atoms with van der Waals surface area (Å²) in [7, 11) is 0. The smallest absolute Gasteiger partial charge is 0.326 e. The van der Waals surface area contributed by atoms with Gasteiger partial charge in [0.15, 0.2) is 0 Å². The van der Waals surface area contributed by atoms with E-state index in [1.165, 1.54) is 11.0 Å². The van der Waals surface area contributed by atoms with Crippen LogP contribution in [0.15, 0.2) is 48.5 Å². The topological polar surface area (TPSA) is 139 Å². The number of hydrogen-bond donors (Lipinski definition) is 2. The van der Waals surface area contributed by atoms with Gasteiger partial charge in [0.2, 0.25) is 5.91 Å². The Morgan fingerprint density at radius 1 is 1.19 bits per heavy atom. The fourth-order valence-electron chi connectivity index (χ4n) is 5.46. The number of esters is 1. The fourth-order valence-corrected chi connectivity index (χ4v) is 5.46. The van der Waals surface area contributed by atoms with Crippen molar-refractivity contribution in [1.82, 2.24) is 10.2 Å². The highest BCUT2D eigenvalue weighted by Gasteiger charge is 2.46. The molecule has 2 aromatic carbocycles. The first kappa shape index (κ1) is 26.3. The summed E-state index contributed by atoms with van der Waals surface area (Å²) in [5.74, 6) is -2.11. The summed E-state index contributed by atoms with van der Waals surface area (Å²) < 4.78 is 5.27. The molecule has 37 heavy (non-hydrogen) atoms. The number of carboxylic acids is 1. The molecular weight excluding hydrogens is 478 g/mol. The van der Waals surface area contributed by atoms with Gasteiger partial charge in [-0.05, 0) is 50.2 Å². The van der Waals surface area contributed by atoms with Crippen LogP contribution >= 0.6 is 0 Å². The molecular formula is C27H31N3O7. The predicted octanol–water partition coefficient (Wildman–Crippen LogP) is 3.18. The molecule has 2 aliphatic rings. The van der Waals surface area contributed by atoms with E-state index in [4.69, 9.17) is 4.74 Å². The van der Waals surface area contributed by atoms with E-state index in [1.54, 1.807) is 19.1 Å². The molecule has 2 N–H and O–H groups in total. The van der Waals surface area contributed by atoms with Crippen LogP contribution in [0.1, 0.15) is 55.3 Å². The highest BCUT2D eigenvalue weighted by molar-refractivity contribution is 5.89. The van der Waals surface area contributed by atoms with E-state index in [9.17, 15) is 29.6 Å². The summed E-state index contributed by atoms with van der Waals surface area (Å²) in [6.45, 7) is 1.85. The van der Waals surface area contributed by atoms with Crippen LogP contribution in [0, 0.1) is 10.1 Å². The number of carbonyl (C=O) groups is 3. The lowest BCUT2D eigenvalue weighted by Crippen LogP contribution is -2.57. The van der Waals surface area contributed by atoms with Gasteiger partial charge in [-0.3, -0.25) is 25.0 Å². The summed E-state index contributed by atoms with van der Waals surface area (Å²) in [4.78, 5) is 51.7. The van der Waals surface area contributed by atoms with Gasteiger partial charge in [0.1, 0.15) is 12.1 Å². The van der Waals surface area contributed by atoms with Gasteiger partial charge in [-0.1, -0.05) is 42.5 Å². The third kappa shape index (κ3) is 5.64. The van der Waals surface area contributed by atoms with Crippen LogP contribution in [-0.4, -0.2) is 57.5 Å². The minimum Gasteiger partial charge on any atom is -0.480 e. The number of nitro benzene ring substituents is 1. The van der Waals surface area contributed by atoms with Gasteiger partial charge in [0, 0.05) is 18.1 Å². The molecule has 10 heteroatoms. The number of carboxylic acid groups (broad SMARTS) is 1. The Morgan fingerprint density at radius 3 is 2.62 bits per heavy atom. The number of benzene rings is 2. The molecule has 0 aliphatic carbocycles. The van der Waals surface area contributed by atoms with Crippen LogP contribution in [0.4, 0.5) is 5.69 Å². The van der Waals surface area contributed by atoms with E-state index in [1.807, 2.05) is 30.3 Å². The Labute approximate surface area is 214 Å². The maximum Gasteiger partial charge on any atom is 0.326 e. The van der Waals surface area contributed by atoms with E-state index in [2.05, 4.69) is 5.32 Å². The van der Waals surface area contributed by atoms with Crippen molar-refractivity contribution >= 4 is 23.5 Å². The number of nitrogens with one attached hydrogen (secondary N) is 1. The van der Waals surface area contributed by atoms with Crippen molar-refractivity contribution in [2.45, 2.75) is 69.6 Å². The highest BCUT2D eigenvalue weighted by Crippen LogP contribution is 2.41. The number of aryl methyl sites for hydroxylation is 1. The largest absolute Gasteiger partial charge is 0.480 e. The number of nitro groups is 1. The molecule has 1 saturated heterocycles. The summed E-state index contributed by atoms with van der Waals surface area (Å²) in [6.07, 6.45) is 2.22. The van der Waals surface area contributed by atoms with Crippen LogP contribution < -0.4 is 5.32 Å². The number of carbonyl (C=O) groups excluding carboxylic acids is 2. The molecule has 0 radical (unpaired) electrons. The van der Waals surface area contributed by atoms with E-state index in [-0.39, 0.29) is 18.7 Å². The molecule has 0 bridgehead atoms. The molecule has 2 aromatic rings. The molecule has 4 rings (SSSR count). The minimum atomic E-state index is -1.11. The number of ether oxygens (including phenoxy) is 1. The van der Waals surface area contributed by atoms with Crippen molar-refractivity contribution in [3.8, 4) is 0 Å². The molecule has 0 saturated carbocycles. The monoisotopic (exact) mass is 509 g/mol. The normalized spacial score (nSPS) is 21.8. The fraction of sp³-hybridized carbons (Fsp3) is 0.444. The first-order valence-corrected chi connectivity index (χ1v) is 12.6. The zero-order valence-corrected chi connectivity index (χ0v) is 20.7. The van der Waals surface area contributed by atoms with Crippen LogP contribution in [0.25, 0.3) is 0 Å². The Balaban J connectivity index is 1.72. The van der Waals surface area contributed by atoms with Crippen LogP contribution in [0.5, 0.6) is 0 Å². The number of rotatable bonds is 9. The van der Waals surface area contributed by atoms with Gasteiger partial charge in [0.05, 0.1) is 23.6 Å². The van der Waals surface area contributed by atoms with Crippen LogP contribution in [0.2, 0.25) is 0 Å². The first-order valence-electron chi connectivity index (χ1n) is 12.6. The Hall–Kier alpha value is -3.79. The van der Waals surface area contributed by atoms with Crippen LogP contribution in [-0.2, 0) is 32.0 Å². The standard InChI is InChI=1S/C27H31N3O7/c1-2-37-27(34)20(15-14-17-8-4-3-5-9-17)28-21-16-19-18(10-6-12-23(19)30(35)36)22-11-7-13-24(26(32)33)29(22)25(21)31/h3-6,8-10,12,20-22,24,28H,2,7,11,13-16H2,1H3,(H,32,33)/t20-,21-,22+,24-/m0/s1. The van der Waals surface area contributed by atoms with Crippen molar-refractivity contribution < 1.29 is 29.2 Å². The number of nitrogens with zero attached hydrogens (tertiary/aromatic N) is 2. The molecule has 4 atom stereocenters. The molecule has 196 valence electrons. The van der Waals surface area contributed by atoms with E-state index in [0.29, 0.717) is 43.2 Å². The molecule has 0 unspecified atom stereocenters. The summed E-state index contributed by atoms with van der Waals surface area (Å²) in [5.41, 5.74) is 1.87. The van der Waals surface area contributed by atoms with Crippen molar-refractivity contribution in [2.75, 3.05) is 6.61 Å². The lowest BCUT2D eigenvalue weighted by atomic mass is 9.88. The van der Waals surface area contributed by atoms with E-state index in [0.717, 1.165) is 5.56 Å². The molecule has 10 nitrogen and oxygen atoms in total. The first-order chi connectivity index (χ1) is 17.8. The van der Waals surface area contributed by atoms with Crippen molar-refractivity contribution in [1.29, 1.82) is 0 Å². The highest BCUT2D eigenvalue weighted by atomic mass is 16.6. The summed E-state index contributed by atoms with van der Waals surface area (Å²) >= 11 is 0. The summed E-state index contributed by atoms with van der Waals surface area (Å²) in [6, 6.07) is 10.7. The number of aliphatic carboxylic acids is 1. The third-order valence-electron chi connectivity index (χ3n) is 7.15. The number of hydrogen-bond acceptors (Lipinski definition) is 7. The second-order valence-corrected chi connectivity index (χ2v) is 9.40. The average Bonchev–Trinajstić information content (AvgIpc) is 3.01. The SMILES string of the molecule is CCOC(=O)[C@H](CCc1ccccc1)N[C@H]1Cc2c(cccc2[N+](=O)[O-])[C@H]2CCC[C@@H](C(=O)O)N2C1=O. The summed E-state index contributed by atoms with van der Waals surface area (Å²) in [5, 5.41) is 24.9. The zero-order chi connectivity index (χ0) is 26.5. The Bertz CT molecular complexity index is 1170. The second-order valence-electron chi connectivity index (χ2n) is 9.40. The van der Waals surface area contributed by atoms with Gasteiger partial charge < -0.3 is 14.7 Å². The lowest BCUT2D eigenvalue weighted by Gasteiger charge is -2.41. The molecule has 2 heterocycles. The zero-order valence-electron chi connectivity index (χ0n) is 20.7. The van der Waals surface area contributed by atoms with Crippen LogP contribution in [0.3, 0.4) is 0 Å². The molecule has 1 fully saturated rings. The molecule has 1 amide bonds. The van der Waals surface area contributed by atoms with Gasteiger partial charge in [-0.15, -0.1) is 0 Å². The van der Waals surface area contributed by atoms with E-state index >= 15 is 0 Å². The predicted molar refractivity (Wildman–Crippen MR) is 134 cm³/mol. The van der Waals surface area contributed by atoms with E-state index < -0.39 is 46.9 Å². The molecule has 0 aromatic heterocycles. The number of fused-ring (bicyclic) bond motifs is 3. The molecule has 2 aliphatic heterocycles. The minimum absolute atomic E-state index is 0.0358. The van der Waals surface area contributed by atoms with Gasteiger partial charge in [-0.25, -0.2) is 4.79 Å². The van der Waals surface area contributed by atoms with Gasteiger partial charge in [0.25, 0.3) is 5.69 Å². The quantitative estimate of drug-likeness (QED) is 0.299. The average molecular weight is 510 g/mol. The maximum atomic E-state index is 13.9. The van der Waals surface area contributed by atoms with Crippen molar-refractivity contribution in [2.24, 2.45) is 0 Å². The number of piperidine rings is 1. The van der Waals surface area contributed by atoms with Crippen molar-refractivity contribution in [3.63, 3.8) is 0 Å². The second kappa shape index (κ2) is 11.5. The molecule has 0 spiro atoms. The van der Waals surface area contributed by atoms with Gasteiger partial charge in [-0.2, -0.15) is 0 Å². The Kier molecular flexibility index (Phi) is 8.17. The van der Waals surface area contributed by atoms with Crippen molar-refractivity contribution in [3.05, 3.63) is 75.3 Å².